The molecule has 1 amide bonds. The van der Waals surface area contributed by atoms with Gasteiger partial charge in [-0.15, -0.1) is 0 Å². The molecule has 4 heteroatoms. The Balaban J connectivity index is 1.71. The number of amides is 1. The summed E-state index contributed by atoms with van der Waals surface area (Å²) in [5.74, 6) is 1.73. The molecule has 150 valence electrons. The van der Waals surface area contributed by atoms with E-state index in [2.05, 4.69) is 24.5 Å². The van der Waals surface area contributed by atoms with Crippen LogP contribution in [0.4, 0.5) is 0 Å². The third-order valence-electron chi connectivity index (χ3n) is 8.35. The van der Waals surface area contributed by atoms with Gasteiger partial charge in [-0.05, 0) is 69.6 Å². The maximum absolute atomic E-state index is 13.3. The Morgan fingerprint density at radius 3 is 2.63 bits per heavy atom. The number of hydrogen-bond donors (Lipinski definition) is 2. The summed E-state index contributed by atoms with van der Waals surface area (Å²) in [5, 5.41) is 6.80. The van der Waals surface area contributed by atoms with E-state index in [9.17, 15) is 9.59 Å². The number of carbonyl (C=O) groups excluding carboxylic acids is 2. The molecular formula is C23H36N2O2. The van der Waals surface area contributed by atoms with E-state index in [1.165, 1.54) is 32.1 Å². The SMILES string of the molecule is CC(C)(C)NC(=O)C1CC(=O)C=C2NC[C@H]3[C@@H]4CCC[C@@]4(C)CC[C@@H]3[C@]21C. The molecule has 0 aromatic heterocycles. The molecule has 6 atom stereocenters. The molecule has 4 nitrogen and oxygen atoms in total. The van der Waals surface area contributed by atoms with Crippen molar-refractivity contribution in [3.63, 3.8) is 0 Å². The van der Waals surface area contributed by atoms with Crippen LogP contribution in [-0.4, -0.2) is 23.8 Å². The van der Waals surface area contributed by atoms with Crippen molar-refractivity contribution in [2.75, 3.05) is 6.54 Å². The highest BCUT2D eigenvalue weighted by atomic mass is 16.2. The minimum atomic E-state index is -0.282. The molecule has 4 aliphatic rings. The Morgan fingerprint density at radius 2 is 1.93 bits per heavy atom. The summed E-state index contributed by atoms with van der Waals surface area (Å²) in [5.41, 5.74) is 0.968. The fourth-order valence-corrected chi connectivity index (χ4v) is 7.04. The first-order chi connectivity index (χ1) is 12.5. The van der Waals surface area contributed by atoms with Gasteiger partial charge in [0.1, 0.15) is 0 Å². The summed E-state index contributed by atoms with van der Waals surface area (Å²) in [6.07, 6.45) is 8.62. The Hall–Kier alpha value is -1.32. The molecule has 1 heterocycles. The highest BCUT2D eigenvalue weighted by Gasteiger charge is 2.60. The molecule has 1 unspecified atom stereocenters. The number of nitrogens with one attached hydrogen (secondary N) is 2. The van der Waals surface area contributed by atoms with Crippen LogP contribution in [0.5, 0.6) is 0 Å². The second kappa shape index (κ2) is 6.09. The number of ketones is 1. The van der Waals surface area contributed by atoms with Gasteiger partial charge >= 0.3 is 0 Å². The average Bonchev–Trinajstić information content (AvgIpc) is 2.95. The van der Waals surface area contributed by atoms with Crippen LogP contribution < -0.4 is 10.6 Å². The zero-order valence-electron chi connectivity index (χ0n) is 17.7. The fraction of sp³-hybridized carbons (Fsp3) is 0.826. The third-order valence-corrected chi connectivity index (χ3v) is 8.35. The van der Waals surface area contributed by atoms with Crippen LogP contribution in [0.2, 0.25) is 0 Å². The molecule has 0 aromatic carbocycles. The molecule has 1 saturated heterocycles. The molecule has 2 N–H and O–H groups in total. The first-order valence-corrected chi connectivity index (χ1v) is 10.9. The van der Waals surface area contributed by atoms with Crippen molar-refractivity contribution in [3.05, 3.63) is 11.8 Å². The Kier molecular flexibility index (Phi) is 4.29. The van der Waals surface area contributed by atoms with Gasteiger partial charge in [0, 0.05) is 35.7 Å². The molecular weight excluding hydrogens is 336 g/mol. The van der Waals surface area contributed by atoms with Gasteiger partial charge in [-0.1, -0.05) is 20.3 Å². The molecule has 3 aliphatic carbocycles. The number of rotatable bonds is 1. The standard InChI is InChI=1S/C23H36N2O2/c1-21(2,3)25-20(27)18-11-14(26)12-19-23(18,5)17-8-10-22(4)9-6-7-16(22)15(17)13-24-19/h12,15-18,24H,6-11,13H2,1-5H3,(H,25,27)/t15-,16-,17-,18?,22-,23-/m0/s1. The van der Waals surface area contributed by atoms with E-state index in [0.29, 0.717) is 23.7 Å². The zero-order valence-corrected chi connectivity index (χ0v) is 17.7. The van der Waals surface area contributed by atoms with E-state index >= 15 is 0 Å². The van der Waals surface area contributed by atoms with Gasteiger partial charge in [0.2, 0.25) is 5.91 Å². The quantitative estimate of drug-likeness (QED) is 0.736. The van der Waals surface area contributed by atoms with Crippen molar-refractivity contribution >= 4 is 11.7 Å². The highest BCUT2D eigenvalue weighted by Crippen LogP contribution is 2.63. The lowest BCUT2D eigenvalue weighted by atomic mass is 9.48. The molecule has 1 aliphatic heterocycles. The van der Waals surface area contributed by atoms with Gasteiger partial charge in [0.25, 0.3) is 0 Å². The van der Waals surface area contributed by atoms with Gasteiger partial charge in [0.05, 0.1) is 5.92 Å². The minimum absolute atomic E-state index is 0.0474. The topological polar surface area (TPSA) is 58.2 Å². The number of fused-ring (bicyclic) bond motifs is 5. The second-order valence-corrected chi connectivity index (χ2v) is 11.1. The fourth-order valence-electron chi connectivity index (χ4n) is 7.04. The summed E-state index contributed by atoms with van der Waals surface area (Å²) in [7, 11) is 0. The normalized spacial score (nSPS) is 43.7. The molecule has 0 aromatic rings. The summed E-state index contributed by atoms with van der Waals surface area (Å²) in [6.45, 7) is 11.8. The first kappa shape index (κ1) is 19.0. The monoisotopic (exact) mass is 372 g/mol. The summed E-state index contributed by atoms with van der Waals surface area (Å²) < 4.78 is 0. The average molecular weight is 373 g/mol. The lowest BCUT2D eigenvalue weighted by molar-refractivity contribution is -0.140. The van der Waals surface area contributed by atoms with Crippen molar-refractivity contribution < 1.29 is 9.59 Å². The number of carbonyl (C=O) groups is 2. The lowest BCUT2D eigenvalue weighted by Crippen LogP contribution is -2.61. The van der Waals surface area contributed by atoms with Gasteiger partial charge in [-0.3, -0.25) is 9.59 Å². The maximum atomic E-state index is 13.3. The van der Waals surface area contributed by atoms with Gasteiger partial charge in [-0.25, -0.2) is 0 Å². The van der Waals surface area contributed by atoms with E-state index < -0.39 is 0 Å². The van der Waals surface area contributed by atoms with Gasteiger partial charge < -0.3 is 10.6 Å². The van der Waals surface area contributed by atoms with Crippen LogP contribution in [0.15, 0.2) is 11.8 Å². The molecule has 27 heavy (non-hydrogen) atoms. The molecule has 0 bridgehead atoms. The van der Waals surface area contributed by atoms with E-state index in [1.807, 2.05) is 20.8 Å². The first-order valence-electron chi connectivity index (χ1n) is 10.9. The van der Waals surface area contributed by atoms with Crippen LogP contribution in [-0.2, 0) is 9.59 Å². The largest absolute Gasteiger partial charge is 0.387 e. The summed E-state index contributed by atoms with van der Waals surface area (Å²) >= 11 is 0. The van der Waals surface area contributed by atoms with Crippen LogP contribution in [0.25, 0.3) is 0 Å². The molecule has 0 radical (unpaired) electrons. The van der Waals surface area contributed by atoms with E-state index in [1.54, 1.807) is 6.08 Å². The predicted octanol–water partition coefficient (Wildman–Crippen LogP) is 3.82. The maximum Gasteiger partial charge on any atom is 0.224 e. The Morgan fingerprint density at radius 1 is 1.19 bits per heavy atom. The third kappa shape index (κ3) is 2.94. The van der Waals surface area contributed by atoms with E-state index in [-0.39, 0.29) is 28.6 Å². The van der Waals surface area contributed by atoms with Crippen molar-refractivity contribution in [3.8, 4) is 0 Å². The second-order valence-electron chi connectivity index (χ2n) is 11.1. The van der Waals surface area contributed by atoms with Crippen molar-refractivity contribution in [2.45, 2.75) is 78.7 Å². The van der Waals surface area contributed by atoms with E-state index in [4.69, 9.17) is 0 Å². The Labute approximate surface area is 163 Å². The predicted molar refractivity (Wildman–Crippen MR) is 107 cm³/mol. The Bertz CT molecular complexity index is 691. The minimum Gasteiger partial charge on any atom is -0.387 e. The number of allylic oxidation sites excluding steroid dienone is 2. The van der Waals surface area contributed by atoms with Crippen molar-refractivity contribution in [1.29, 1.82) is 0 Å². The number of hydrogen-bond acceptors (Lipinski definition) is 3. The molecule has 2 saturated carbocycles. The van der Waals surface area contributed by atoms with E-state index in [0.717, 1.165) is 18.2 Å². The molecule has 3 fully saturated rings. The zero-order chi connectivity index (χ0) is 19.6. The lowest BCUT2D eigenvalue weighted by Gasteiger charge is -2.59. The number of piperidine rings is 1. The molecule has 0 spiro atoms. The van der Waals surface area contributed by atoms with Crippen LogP contribution >= 0.6 is 0 Å². The van der Waals surface area contributed by atoms with Crippen molar-refractivity contribution in [1.82, 2.24) is 10.6 Å². The van der Waals surface area contributed by atoms with Gasteiger partial charge in [-0.2, -0.15) is 0 Å². The smallest absolute Gasteiger partial charge is 0.224 e. The van der Waals surface area contributed by atoms with Crippen molar-refractivity contribution in [2.24, 2.45) is 34.5 Å². The highest BCUT2D eigenvalue weighted by molar-refractivity contribution is 5.96. The van der Waals surface area contributed by atoms with Crippen LogP contribution in [0, 0.1) is 34.5 Å². The van der Waals surface area contributed by atoms with Crippen LogP contribution in [0.3, 0.4) is 0 Å². The van der Waals surface area contributed by atoms with Gasteiger partial charge in [0.15, 0.2) is 5.78 Å². The summed E-state index contributed by atoms with van der Waals surface area (Å²) in [4.78, 5) is 25.7. The summed E-state index contributed by atoms with van der Waals surface area (Å²) in [6, 6.07) is 0. The van der Waals surface area contributed by atoms with Crippen LogP contribution in [0.1, 0.15) is 73.1 Å². The molecule has 4 rings (SSSR count).